The van der Waals surface area contributed by atoms with E-state index >= 15 is 0 Å². The van der Waals surface area contributed by atoms with Crippen molar-refractivity contribution in [3.05, 3.63) is 17.0 Å². The van der Waals surface area contributed by atoms with Crippen LogP contribution in [-0.4, -0.2) is 38.3 Å². The number of rotatable bonds is 5. The Bertz CT molecular complexity index is 482. The molecule has 1 aromatic heterocycles. The van der Waals surface area contributed by atoms with Crippen molar-refractivity contribution in [3.8, 4) is 0 Å². The first-order valence-electron chi connectivity index (χ1n) is 7.44. The van der Waals surface area contributed by atoms with E-state index in [-0.39, 0.29) is 6.42 Å². The predicted molar refractivity (Wildman–Crippen MR) is 77.6 cm³/mol. The van der Waals surface area contributed by atoms with E-state index in [4.69, 9.17) is 5.11 Å². The topological polar surface area (TPSA) is 58.4 Å². The highest BCUT2D eigenvalue weighted by molar-refractivity contribution is 5.66. The SMILES string of the molecule is Cc1nn(C)c(C)c1CN1CCCCC1CCC(=O)O. The highest BCUT2D eigenvalue weighted by atomic mass is 16.4. The van der Waals surface area contributed by atoms with Crippen molar-refractivity contribution in [1.29, 1.82) is 0 Å². The molecule has 1 atom stereocenters. The van der Waals surface area contributed by atoms with Crippen LogP contribution in [0.15, 0.2) is 0 Å². The summed E-state index contributed by atoms with van der Waals surface area (Å²) in [5, 5.41) is 13.4. The lowest BCUT2D eigenvalue weighted by Crippen LogP contribution is -2.39. The van der Waals surface area contributed by atoms with Crippen LogP contribution in [0.5, 0.6) is 0 Å². The number of piperidine rings is 1. The number of aliphatic carboxylic acids is 1. The molecule has 0 spiro atoms. The van der Waals surface area contributed by atoms with Crippen LogP contribution < -0.4 is 0 Å². The van der Waals surface area contributed by atoms with Crippen molar-refractivity contribution in [3.63, 3.8) is 0 Å². The number of hydrogen-bond acceptors (Lipinski definition) is 3. The molecule has 1 aromatic rings. The number of likely N-dealkylation sites (tertiary alicyclic amines) is 1. The van der Waals surface area contributed by atoms with Gasteiger partial charge >= 0.3 is 5.97 Å². The second-order valence-corrected chi connectivity index (χ2v) is 5.83. The number of hydrogen-bond donors (Lipinski definition) is 1. The average molecular weight is 279 g/mol. The third kappa shape index (κ3) is 3.39. The summed E-state index contributed by atoms with van der Waals surface area (Å²) in [6.07, 6.45) is 4.57. The number of nitrogens with zero attached hydrogens (tertiary/aromatic N) is 3. The fourth-order valence-corrected chi connectivity index (χ4v) is 3.13. The minimum atomic E-state index is -0.690. The van der Waals surface area contributed by atoms with E-state index in [1.165, 1.54) is 24.1 Å². The zero-order chi connectivity index (χ0) is 14.7. The summed E-state index contributed by atoms with van der Waals surface area (Å²) in [6, 6.07) is 0.402. The van der Waals surface area contributed by atoms with Gasteiger partial charge in [0.25, 0.3) is 0 Å². The van der Waals surface area contributed by atoms with Gasteiger partial charge in [0.15, 0.2) is 0 Å². The van der Waals surface area contributed by atoms with E-state index in [0.29, 0.717) is 6.04 Å². The molecule has 1 fully saturated rings. The maximum atomic E-state index is 10.8. The Morgan fingerprint density at radius 1 is 1.40 bits per heavy atom. The Morgan fingerprint density at radius 2 is 2.15 bits per heavy atom. The van der Waals surface area contributed by atoms with Gasteiger partial charge in [0, 0.05) is 37.3 Å². The molecular weight excluding hydrogens is 254 g/mol. The maximum absolute atomic E-state index is 10.8. The van der Waals surface area contributed by atoms with E-state index in [1.807, 2.05) is 11.7 Å². The third-order valence-electron chi connectivity index (χ3n) is 4.46. The molecule has 2 heterocycles. The third-order valence-corrected chi connectivity index (χ3v) is 4.46. The molecule has 5 nitrogen and oxygen atoms in total. The molecule has 20 heavy (non-hydrogen) atoms. The van der Waals surface area contributed by atoms with Gasteiger partial charge in [-0.1, -0.05) is 6.42 Å². The number of aryl methyl sites for hydroxylation is 2. The molecular formula is C15H25N3O2. The van der Waals surface area contributed by atoms with Crippen molar-refractivity contribution < 1.29 is 9.90 Å². The van der Waals surface area contributed by atoms with E-state index in [1.54, 1.807) is 0 Å². The predicted octanol–water partition coefficient (Wildman–Crippen LogP) is 2.26. The minimum absolute atomic E-state index is 0.270. The summed E-state index contributed by atoms with van der Waals surface area (Å²) in [5.41, 5.74) is 3.60. The van der Waals surface area contributed by atoms with Crippen LogP contribution >= 0.6 is 0 Å². The highest BCUT2D eigenvalue weighted by Gasteiger charge is 2.24. The van der Waals surface area contributed by atoms with Gasteiger partial charge in [-0.3, -0.25) is 14.4 Å². The summed E-state index contributed by atoms with van der Waals surface area (Å²) in [7, 11) is 1.98. The van der Waals surface area contributed by atoms with Crippen LogP contribution in [-0.2, 0) is 18.4 Å². The summed E-state index contributed by atoms with van der Waals surface area (Å²) < 4.78 is 1.93. The second kappa shape index (κ2) is 6.39. The monoisotopic (exact) mass is 279 g/mol. The summed E-state index contributed by atoms with van der Waals surface area (Å²) in [5.74, 6) is -0.690. The second-order valence-electron chi connectivity index (χ2n) is 5.83. The highest BCUT2D eigenvalue weighted by Crippen LogP contribution is 2.25. The number of carboxylic acid groups (broad SMARTS) is 1. The van der Waals surface area contributed by atoms with Crippen LogP contribution in [0.25, 0.3) is 0 Å². The lowest BCUT2D eigenvalue weighted by molar-refractivity contribution is -0.137. The molecule has 0 radical (unpaired) electrons. The van der Waals surface area contributed by atoms with E-state index in [0.717, 1.165) is 31.6 Å². The zero-order valence-corrected chi connectivity index (χ0v) is 12.7. The lowest BCUT2D eigenvalue weighted by atomic mass is 9.97. The van der Waals surface area contributed by atoms with Crippen LogP contribution in [0, 0.1) is 13.8 Å². The molecule has 1 aliphatic heterocycles. The molecule has 1 aliphatic rings. The molecule has 1 N–H and O–H groups in total. The molecule has 0 aliphatic carbocycles. The van der Waals surface area contributed by atoms with Crippen LogP contribution in [0.2, 0.25) is 0 Å². The molecule has 1 unspecified atom stereocenters. The Kier molecular flexibility index (Phi) is 4.81. The fraction of sp³-hybridized carbons (Fsp3) is 0.733. The van der Waals surface area contributed by atoms with Crippen molar-refractivity contribution in [2.24, 2.45) is 7.05 Å². The van der Waals surface area contributed by atoms with E-state index in [9.17, 15) is 4.79 Å². The van der Waals surface area contributed by atoms with E-state index in [2.05, 4.69) is 23.8 Å². The lowest BCUT2D eigenvalue weighted by Gasteiger charge is -2.35. The summed E-state index contributed by atoms with van der Waals surface area (Å²) in [6.45, 7) is 6.12. The molecule has 2 rings (SSSR count). The van der Waals surface area contributed by atoms with Gasteiger partial charge in [-0.05, 0) is 39.7 Å². The number of aromatic nitrogens is 2. The maximum Gasteiger partial charge on any atom is 0.303 e. The Labute approximate surface area is 120 Å². The molecule has 0 saturated carbocycles. The Morgan fingerprint density at radius 3 is 2.75 bits per heavy atom. The molecule has 0 bridgehead atoms. The zero-order valence-electron chi connectivity index (χ0n) is 12.7. The quantitative estimate of drug-likeness (QED) is 0.898. The van der Waals surface area contributed by atoms with Crippen LogP contribution in [0.3, 0.4) is 0 Å². The van der Waals surface area contributed by atoms with Gasteiger partial charge in [-0.15, -0.1) is 0 Å². The van der Waals surface area contributed by atoms with Crippen molar-refractivity contribution in [2.45, 2.75) is 58.5 Å². The summed E-state index contributed by atoms with van der Waals surface area (Å²) in [4.78, 5) is 13.2. The molecule has 0 aromatic carbocycles. The van der Waals surface area contributed by atoms with Gasteiger partial charge in [0.2, 0.25) is 0 Å². The van der Waals surface area contributed by atoms with Crippen molar-refractivity contribution >= 4 is 5.97 Å². The van der Waals surface area contributed by atoms with Gasteiger partial charge in [-0.2, -0.15) is 5.10 Å². The fourth-order valence-electron chi connectivity index (χ4n) is 3.13. The summed E-state index contributed by atoms with van der Waals surface area (Å²) >= 11 is 0. The first-order chi connectivity index (χ1) is 9.49. The van der Waals surface area contributed by atoms with Crippen molar-refractivity contribution in [2.75, 3.05) is 6.54 Å². The smallest absolute Gasteiger partial charge is 0.303 e. The normalized spacial score (nSPS) is 20.2. The molecule has 0 amide bonds. The molecule has 112 valence electrons. The van der Waals surface area contributed by atoms with Crippen LogP contribution in [0.4, 0.5) is 0 Å². The van der Waals surface area contributed by atoms with Gasteiger partial charge in [-0.25, -0.2) is 0 Å². The molecule has 5 heteroatoms. The molecule has 1 saturated heterocycles. The first-order valence-corrected chi connectivity index (χ1v) is 7.44. The standard InChI is InChI=1S/C15H25N3O2/c1-11-14(12(2)17(3)16-11)10-18-9-5-4-6-13(18)7-8-15(19)20/h13H,4-10H2,1-3H3,(H,19,20). The Hall–Kier alpha value is -1.36. The number of carboxylic acids is 1. The number of carbonyl (C=O) groups is 1. The van der Waals surface area contributed by atoms with E-state index < -0.39 is 5.97 Å². The minimum Gasteiger partial charge on any atom is -0.481 e. The van der Waals surface area contributed by atoms with Gasteiger partial charge < -0.3 is 5.11 Å². The van der Waals surface area contributed by atoms with Crippen LogP contribution in [0.1, 0.15) is 49.1 Å². The largest absolute Gasteiger partial charge is 0.481 e. The van der Waals surface area contributed by atoms with Crippen molar-refractivity contribution in [1.82, 2.24) is 14.7 Å². The Balaban J connectivity index is 2.06. The van der Waals surface area contributed by atoms with Gasteiger partial charge in [0.1, 0.15) is 0 Å². The van der Waals surface area contributed by atoms with Gasteiger partial charge in [0.05, 0.1) is 5.69 Å². The first kappa shape index (κ1) is 15.0. The average Bonchev–Trinajstić information content (AvgIpc) is 2.64.